The van der Waals surface area contributed by atoms with E-state index in [-0.39, 0.29) is 5.56 Å². The summed E-state index contributed by atoms with van der Waals surface area (Å²) in [5.74, 6) is 1.39. The van der Waals surface area contributed by atoms with Crippen molar-refractivity contribution in [3.8, 4) is 11.4 Å². The van der Waals surface area contributed by atoms with Gasteiger partial charge in [-0.1, -0.05) is 24.3 Å². The van der Waals surface area contributed by atoms with E-state index in [0.29, 0.717) is 38.1 Å². The predicted octanol–water partition coefficient (Wildman–Crippen LogP) is 2.20. The lowest BCUT2D eigenvalue weighted by atomic mass is 10.1. The van der Waals surface area contributed by atoms with Crippen molar-refractivity contribution in [2.24, 2.45) is 5.73 Å². The van der Waals surface area contributed by atoms with Gasteiger partial charge in [0.2, 0.25) is 5.95 Å². The van der Waals surface area contributed by atoms with Crippen molar-refractivity contribution in [3.63, 3.8) is 0 Å². The maximum Gasteiger partial charge on any atom is 0.277 e. The molecule has 4 heterocycles. The standard InChI is InChI=1S/C24H26N8O3S/c1-31(24-26-12-17(13-27-24)23(33)30-34)14-18-10-19-20(36-18)22(32-6-8-35-9-7-32)29-21(28-19)16-4-2-15(11-25)3-5-16/h2-5,10,12-13,34H,6-9,11,14,25H2,1H3,(H,30,33). The number of carbonyl (C=O) groups is 1. The van der Waals surface area contributed by atoms with Crippen LogP contribution in [0.4, 0.5) is 11.8 Å². The van der Waals surface area contributed by atoms with E-state index in [2.05, 4.69) is 20.9 Å². The van der Waals surface area contributed by atoms with Gasteiger partial charge in [-0.15, -0.1) is 11.3 Å². The van der Waals surface area contributed by atoms with Crippen LogP contribution in [0.15, 0.2) is 42.7 Å². The quantitative estimate of drug-likeness (QED) is 0.252. The number of morpholine rings is 1. The highest BCUT2D eigenvalue weighted by molar-refractivity contribution is 7.19. The molecule has 0 saturated carbocycles. The largest absolute Gasteiger partial charge is 0.378 e. The molecule has 36 heavy (non-hydrogen) atoms. The maximum absolute atomic E-state index is 11.5. The van der Waals surface area contributed by atoms with Crippen LogP contribution in [0.3, 0.4) is 0 Å². The number of anilines is 2. The Morgan fingerprint density at radius 2 is 1.92 bits per heavy atom. The van der Waals surface area contributed by atoms with Gasteiger partial charge >= 0.3 is 0 Å². The van der Waals surface area contributed by atoms with E-state index in [1.54, 1.807) is 16.8 Å². The number of carbonyl (C=O) groups excluding carboxylic acids is 1. The molecule has 4 N–H and O–H groups in total. The molecule has 1 aliphatic heterocycles. The smallest absolute Gasteiger partial charge is 0.277 e. The zero-order chi connectivity index (χ0) is 25.1. The summed E-state index contributed by atoms with van der Waals surface area (Å²) in [6.07, 6.45) is 2.75. The van der Waals surface area contributed by atoms with Gasteiger partial charge < -0.3 is 20.3 Å². The summed E-state index contributed by atoms with van der Waals surface area (Å²) in [5, 5.41) is 8.77. The van der Waals surface area contributed by atoms with Gasteiger partial charge in [-0.25, -0.2) is 25.4 Å². The van der Waals surface area contributed by atoms with Crippen LogP contribution >= 0.6 is 11.3 Å². The van der Waals surface area contributed by atoms with Gasteiger partial charge in [0.1, 0.15) is 0 Å². The van der Waals surface area contributed by atoms with Gasteiger partial charge in [0.05, 0.1) is 35.5 Å². The van der Waals surface area contributed by atoms with Crippen molar-refractivity contribution in [2.75, 3.05) is 43.2 Å². The molecule has 3 aromatic heterocycles. The second kappa shape index (κ2) is 10.5. The van der Waals surface area contributed by atoms with E-state index in [1.165, 1.54) is 12.4 Å². The lowest BCUT2D eigenvalue weighted by Crippen LogP contribution is -2.36. The Kier molecular flexibility index (Phi) is 7.00. The van der Waals surface area contributed by atoms with Crippen molar-refractivity contribution >= 4 is 39.2 Å². The summed E-state index contributed by atoms with van der Waals surface area (Å²) >= 11 is 1.64. The minimum absolute atomic E-state index is 0.175. The molecule has 0 aliphatic carbocycles. The molecule has 0 spiro atoms. The first-order valence-corrected chi connectivity index (χ1v) is 12.3. The normalized spacial score (nSPS) is 13.7. The van der Waals surface area contributed by atoms with E-state index >= 15 is 0 Å². The molecule has 186 valence electrons. The highest BCUT2D eigenvalue weighted by Gasteiger charge is 2.21. The molecule has 0 atom stereocenters. The number of hydrogen-bond donors (Lipinski definition) is 3. The average Bonchev–Trinajstić information content (AvgIpc) is 3.35. The highest BCUT2D eigenvalue weighted by Crippen LogP contribution is 2.35. The molecule has 1 aliphatic rings. The highest BCUT2D eigenvalue weighted by atomic mass is 32.1. The Labute approximate surface area is 211 Å². The number of nitrogens with zero attached hydrogens (tertiary/aromatic N) is 6. The molecule has 1 amide bonds. The Bertz CT molecular complexity index is 1350. The number of hydroxylamine groups is 1. The first kappa shape index (κ1) is 24.0. The summed E-state index contributed by atoms with van der Waals surface area (Å²) in [6.45, 7) is 3.90. The van der Waals surface area contributed by atoms with E-state index in [0.717, 1.165) is 45.1 Å². The minimum atomic E-state index is -0.656. The van der Waals surface area contributed by atoms with Crippen molar-refractivity contribution in [1.29, 1.82) is 0 Å². The fraction of sp³-hybridized carbons (Fsp3) is 0.292. The molecule has 5 rings (SSSR count). The molecule has 1 aromatic carbocycles. The fourth-order valence-electron chi connectivity index (χ4n) is 3.96. The van der Waals surface area contributed by atoms with Crippen LogP contribution in [0.25, 0.3) is 21.6 Å². The van der Waals surface area contributed by atoms with Crippen LogP contribution < -0.4 is 21.0 Å². The summed E-state index contributed by atoms with van der Waals surface area (Å²) in [5.41, 5.74) is 10.4. The minimum Gasteiger partial charge on any atom is -0.378 e. The Balaban J connectivity index is 1.47. The van der Waals surface area contributed by atoms with Crippen LogP contribution in [0, 0.1) is 0 Å². The number of amides is 1. The number of thiophene rings is 1. The molecule has 11 nitrogen and oxygen atoms in total. The zero-order valence-electron chi connectivity index (χ0n) is 19.7. The molecule has 0 bridgehead atoms. The van der Waals surface area contributed by atoms with Crippen molar-refractivity contribution in [1.82, 2.24) is 25.4 Å². The van der Waals surface area contributed by atoms with Crippen molar-refractivity contribution in [3.05, 3.63) is 58.7 Å². The lowest BCUT2D eigenvalue weighted by molar-refractivity contribution is 0.0705. The third kappa shape index (κ3) is 4.97. The Morgan fingerprint density at radius 3 is 2.58 bits per heavy atom. The first-order chi connectivity index (χ1) is 17.6. The van der Waals surface area contributed by atoms with Crippen LogP contribution in [0.5, 0.6) is 0 Å². The van der Waals surface area contributed by atoms with Crippen LogP contribution in [0.2, 0.25) is 0 Å². The molecule has 12 heteroatoms. The maximum atomic E-state index is 11.5. The third-order valence-corrected chi connectivity index (χ3v) is 7.00. The average molecular weight is 507 g/mol. The number of rotatable bonds is 7. The van der Waals surface area contributed by atoms with E-state index in [1.807, 2.05) is 36.2 Å². The van der Waals surface area contributed by atoms with Gasteiger partial charge in [0.25, 0.3) is 5.91 Å². The number of fused-ring (bicyclic) bond motifs is 1. The van der Waals surface area contributed by atoms with Crippen LogP contribution in [-0.2, 0) is 17.8 Å². The summed E-state index contributed by atoms with van der Waals surface area (Å²) in [7, 11) is 1.88. The second-order valence-electron chi connectivity index (χ2n) is 8.37. The fourth-order valence-corrected chi connectivity index (χ4v) is 5.12. The molecular formula is C24H26N8O3S. The molecule has 0 unspecified atom stereocenters. The topological polar surface area (TPSA) is 143 Å². The predicted molar refractivity (Wildman–Crippen MR) is 137 cm³/mol. The number of nitrogens with two attached hydrogens (primary N) is 1. The Hall–Kier alpha value is -3.71. The molecule has 0 radical (unpaired) electrons. The molecular weight excluding hydrogens is 480 g/mol. The SMILES string of the molecule is CN(Cc1cc2nc(-c3ccc(CN)cc3)nc(N3CCOCC3)c2s1)c1ncc(C(=O)NO)cn1. The van der Waals surface area contributed by atoms with Gasteiger partial charge in [-0.3, -0.25) is 10.0 Å². The monoisotopic (exact) mass is 506 g/mol. The van der Waals surface area contributed by atoms with Crippen LogP contribution in [-0.4, -0.2) is 64.4 Å². The van der Waals surface area contributed by atoms with Gasteiger partial charge in [-0.2, -0.15) is 0 Å². The zero-order valence-corrected chi connectivity index (χ0v) is 20.5. The number of aromatic nitrogens is 4. The van der Waals surface area contributed by atoms with Gasteiger partial charge in [0, 0.05) is 49.5 Å². The third-order valence-electron chi connectivity index (χ3n) is 5.90. The van der Waals surface area contributed by atoms with E-state index in [9.17, 15) is 4.79 Å². The summed E-state index contributed by atoms with van der Waals surface area (Å²) in [6, 6.07) is 10.1. The van der Waals surface area contributed by atoms with Crippen molar-refractivity contribution < 1.29 is 14.7 Å². The molecule has 1 saturated heterocycles. The van der Waals surface area contributed by atoms with E-state index in [4.69, 9.17) is 25.6 Å². The molecule has 4 aromatic rings. The second-order valence-corrected chi connectivity index (χ2v) is 9.50. The first-order valence-electron chi connectivity index (χ1n) is 11.5. The Morgan fingerprint density at radius 1 is 1.19 bits per heavy atom. The van der Waals surface area contributed by atoms with Crippen molar-refractivity contribution in [2.45, 2.75) is 13.1 Å². The lowest BCUT2D eigenvalue weighted by Gasteiger charge is -2.28. The number of benzene rings is 1. The van der Waals surface area contributed by atoms with Crippen LogP contribution in [0.1, 0.15) is 20.8 Å². The number of ether oxygens (including phenoxy) is 1. The molecule has 1 fully saturated rings. The summed E-state index contributed by atoms with van der Waals surface area (Å²) in [4.78, 5) is 35.1. The van der Waals surface area contributed by atoms with Gasteiger partial charge in [-0.05, 0) is 11.6 Å². The number of nitrogens with one attached hydrogen (secondary N) is 1. The van der Waals surface area contributed by atoms with Gasteiger partial charge in [0.15, 0.2) is 11.6 Å². The number of hydrogen-bond acceptors (Lipinski definition) is 11. The van der Waals surface area contributed by atoms with E-state index < -0.39 is 5.91 Å². The summed E-state index contributed by atoms with van der Waals surface area (Å²) < 4.78 is 6.58.